The quantitative estimate of drug-likeness (QED) is 0.935. The average Bonchev–Trinajstić information content (AvgIpc) is 2.36. The van der Waals surface area contributed by atoms with Crippen molar-refractivity contribution >= 4 is 29.1 Å². The average molecular weight is 296 g/mol. The van der Waals surface area contributed by atoms with Crippen molar-refractivity contribution in [3.63, 3.8) is 0 Å². The Morgan fingerprint density at radius 1 is 1.05 bits per heavy atom. The van der Waals surface area contributed by atoms with E-state index >= 15 is 0 Å². The number of primary amides is 1. The van der Waals surface area contributed by atoms with Crippen LogP contribution in [0.15, 0.2) is 42.5 Å². The molecule has 98 valence electrons. The first-order valence-corrected chi connectivity index (χ1v) is 6.28. The third kappa shape index (κ3) is 3.88. The number of hydrogen-bond donors (Lipinski definition) is 1. The molecule has 5 heteroatoms. The minimum Gasteiger partial charge on any atom is -0.489 e. The summed E-state index contributed by atoms with van der Waals surface area (Å²) < 4.78 is 5.57. The SMILES string of the molecule is NC(=O)c1ccc(COc2cc(Cl)cc(Cl)c2)cc1. The van der Waals surface area contributed by atoms with Crippen molar-refractivity contribution in [2.45, 2.75) is 6.61 Å². The Balaban J connectivity index is 2.03. The van der Waals surface area contributed by atoms with Gasteiger partial charge in [0.05, 0.1) is 0 Å². The molecule has 0 saturated heterocycles. The molecule has 0 aliphatic heterocycles. The Morgan fingerprint density at radius 3 is 2.16 bits per heavy atom. The zero-order chi connectivity index (χ0) is 13.8. The predicted molar refractivity (Wildman–Crippen MR) is 75.8 cm³/mol. The molecule has 0 aliphatic rings. The van der Waals surface area contributed by atoms with Crippen molar-refractivity contribution in [1.82, 2.24) is 0 Å². The lowest BCUT2D eigenvalue weighted by Gasteiger charge is -2.07. The number of nitrogens with two attached hydrogens (primary N) is 1. The van der Waals surface area contributed by atoms with Gasteiger partial charge in [0.2, 0.25) is 5.91 Å². The molecule has 1 amide bonds. The van der Waals surface area contributed by atoms with Crippen LogP contribution in [0.2, 0.25) is 10.0 Å². The normalized spacial score (nSPS) is 10.2. The third-order valence-electron chi connectivity index (χ3n) is 2.48. The molecule has 0 heterocycles. The van der Waals surface area contributed by atoms with E-state index in [-0.39, 0.29) is 0 Å². The second kappa shape index (κ2) is 5.95. The van der Waals surface area contributed by atoms with Gasteiger partial charge in [-0.15, -0.1) is 0 Å². The molecule has 2 N–H and O–H groups in total. The highest BCUT2D eigenvalue weighted by Gasteiger charge is 2.02. The summed E-state index contributed by atoms with van der Waals surface area (Å²) in [6.45, 7) is 0.357. The molecule has 0 fully saturated rings. The number of carbonyl (C=O) groups excluding carboxylic acids is 1. The van der Waals surface area contributed by atoms with Gasteiger partial charge in [-0.25, -0.2) is 0 Å². The zero-order valence-corrected chi connectivity index (χ0v) is 11.4. The highest BCUT2D eigenvalue weighted by molar-refractivity contribution is 6.34. The molecule has 0 radical (unpaired) electrons. The van der Waals surface area contributed by atoms with Crippen molar-refractivity contribution in [1.29, 1.82) is 0 Å². The molecule has 2 aromatic rings. The summed E-state index contributed by atoms with van der Waals surface area (Å²) in [5.74, 6) is 0.144. The molecule has 0 unspecified atom stereocenters. The van der Waals surface area contributed by atoms with Crippen LogP contribution in [-0.2, 0) is 6.61 Å². The Bertz CT molecular complexity index is 577. The summed E-state index contributed by atoms with van der Waals surface area (Å²) in [5, 5.41) is 1.04. The first kappa shape index (κ1) is 13.7. The Morgan fingerprint density at radius 2 is 1.63 bits per heavy atom. The maximum absolute atomic E-state index is 10.9. The van der Waals surface area contributed by atoms with Gasteiger partial charge in [-0.3, -0.25) is 4.79 Å². The minimum atomic E-state index is -0.450. The number of rotatable bonds is 4. The van der Waals surface area contributed by atoms with Crippen molar-refractivity contribution < 1.29 is 9.53 Å². The molecule has 0 atom stereocenters. The Hall–Kier alpha value is -1.71. The highest BCUT2D eigenvalue weighted by Crippen LogP contribution is 2.24. The lowest BCUT2D eigenvalue weighted by Crippen LogP contribution is -2.10. The molecule has 3 nitrogen and oxygen atoms in total. The van der Waals surface area contributed by atoms with Crippen molar-refractivity contribution in [3.05, 3.63) is 63.6 Å². The van der Waals surface area contributed by atoms with Gasteiger partial charge in [-0.05, 0) is 35.9 Å². The van der Waals surface area contributed by atoms with Gasteiger partial charge >= 0.3 is 0 Å². The molecule has 2 aromatic carbocycles. The van der Waals surface area contributed by atoms with E-state index in [1.165, 1.54) is 0 Å². The minimum absolute atomic E-state index is 0.357. The third-order valence-corrected chi connectivity index (χ3v) is 2.92. The lowest BCUT2D eigenvalue weighted by molar-refractivity contribution is 0.1000. The zero-order valence-electron chi connectivity index (χ0n) is 9.90. The van der Waals surface area contributed by atoms with Gasteiger partial charge in [-0.1, -0.05) is 35.3 Å². The number of carbonyl (C=O) groups is 1. The van der Waals surface area contributed by atoms with Crippen molar-refractivity contribution in [2.75, 3.05) is 0 Å². The molecule has 19 heavy (non-hydrogen) atoms. The number of amides is 1. The largest absolute Gasteiger partial charge is 0.489 e. The molecule has 0 aliphatic carbocycles. The van der Waals surface area contributed by atoms with Crippen LogP contribution in [0.5, 0.6) is 5.75 Å². The van der Waals surface area contributed by atoms with E-state index in [0.29, 0.717) is 28.0 Å². The lowest BCUT2D eigenvalue weighted by atomic mass is 10.1. The monoisotopic (exact) mass is 295 g/mol. The molecule has 2 rings (SSSR count). The van der Waals surface area contributed by atoms with Gasteiger partial charge in [-0.2, -0.15) is 0 Å². The van der Waals surface area contributed by atoms with Crippen LogP contribution in [0.3, 0.4) is 0 Å². The van der Waals surface area contributed by atoms with E-state index in [1.54, 1.807) is 42.5 Å². The van der Waals surface area contributed by atoms with Gasteiger partial charge in [0.25, 0.3) is 0 Å². The van der Waals surface area contributed by atoms with Gasteiger partial charge in [0, 0.05) is 15.6 Å². The summed E-state index contributed by atoms with van der Waals surface area (Å²) in [5.41, 5.74) is 6.55. The van der Waals surface area contributed by atoms with Crippen LogP contribution in [-0.4, -0.2) is 5.91 Å². The summed E-state index contributed by atoms with van der Waals surface area (Å²) in [4.78, 5) is 10.9. The van der Waals surface area contributed by atoms with Crippen LogP contribution in [0, 0.1) is 0 Å². The molecule has 0 saturated carbocycles. The van der Waals surface area contributed by atoms with E-state index in [9.17, 15) is 4.79 Å². The van der Waals surface area contributed by atoms with Crippen LogP contribution < -0.4 is 10.5 Å². The fourth-order valence-corrected chi connectivity index (χ4v) is 2.05. The topological polar surface area (TPSA) is 52.3 Å². The van der Waals surface area contributed by atoms with E-state index in [0.717, 1.165) is 5.56 Å². The summed E-state index contributed by atoms with van der Waals surface area (Å²) in [7, 11) is 0. The first-order valence-electron chi connectivity index (χ1n) is 5.52. The summed E-state index contributed by atoms with van der Waals surface area (Å²) in [6, 6.07) is 11.9. The van der Waals surface area contributed by atoms with E-state index in [4.69, 9.17) is 33.7 Å². The number of benzene rings is 2. The Kier molecular flexibility index (Phi) is 4.30. The highest BCUT2D eigenvalue weighted by atomic mass is 35.5. The van der Waals surface area contributed by atoms with Crippen molar-refractivity contribution in [3.8, 4) is 5.75 Å². The predicted octanol–water partition coefficient (Wildman–Crippen LogP) is 3.67. The van der Waals surface area contributed by atoms with Gasteiger partial charge in [0.1, 0.15) is 12.4 Å². The number of ether oxygens (including phenoxy) is 1. The van der Waals surface area contributed by atoms with E-state index in [2.05, 4.69) is 0 Å². The standard InChI is InChI=1S/C14H11Cl2NO2/c15-11-5-12(16)7-13(6-11)19-8-9-1-3-10(4-2-9)14(17)18/h1-7H,8H2,(H2,17,18). The smallest absolute Gasteiger partial charge is 0.248 e. The molecular formula is C14H11Cl2NO2. The summed E-state index contributed by atoms with van der Waals surface area (Å²) >= 11 is 11.7. The van der Waals surface area contributed by atoms with Gasteiger partial charge in [0.15, 0.2) is 0 Å². The van der Waals surface area contributed by atoms with Crippen LogP contribution >= 0.6 is 23.2 Å². The van der Waals surface area contributed by atoms with Crippen LogP contribution in [0.1, 0.15) is 15.9 Å². The maximum atomic E-state index is 10.9. The molecule has 0 bridgehead atoms. The molecule has 0 spiro atoms. The fourth-order valence-electron chi connectivity index (χ4n) is 1.54. The summed E-state index contributed by atoms with van der Waals surface area (Å²) in [6.07, 6.45) is 0. The maximum Gasteiger partial charge on any atom is 0.248 e. The fraction of sp³-hybridized carbons (Fsp3) is 0.0714. The van der Waals surface area contributed by atoms with E-state index in [1.807, 2.05) is 0 Å². The number of halogens is 2. The first-order chi connectivity index (χ1) is 9.04. The van der Waals surface area contributed by atoms with E-state index < -0.39 is 5.91 Å². The van der Waals surface area contributed by atoms with Crippen molar-refractivity contribution in [2.24, 2.45) is 5.73 Å². The van der Waals surface area contributed by atoms with Gasteiger partial charge < -0.3 is 10.5 Å². The van der Waals surface area contributed by atoms with Crippen LogP contribution in [0.4, 0.5) is 0 Å². The molecule has 0 aromatic heterocycles. The number of hydrogen-bond acceptors (Lipinski definition) is 2. The molecular weight excluding hydrogens is 285 g/mol. The van der Waals surface area contributed by atoms with Crippen LogP contribution in [0.25, 0.3) is 0 Å². The second-order valence-corrected chi connectivity index (χ2v) is 4.83. The Labute approximate surface area is 120 Å². The second-order valence-electron chi connectivity index (χ2n) is 3.96.